The lowest BCUT2D eigenvalue weighted by atomic mass is 10.1. The molecular weight excluding hydrogens is 997 g/mol. The van der Waals surface area contributed by atoms with Crippen LogP contribution in [0.15, 0.2) is 170 Å². The average molecular weight is 1120 g/mol. The van der Waals surface area contributed by atoms with Crippen molar-refractivity contribution in [2.24, 2.45) is 0 Å². The fraction of sp³-hybridized carbons (Fsp3) is 0.587. The zero-order valence-electron chi connectivity index (χ0n) is 52.0. The molecule has 0 spiro atoms. The van der Waals surface area contributed by atoms with Crippen LogP contribution in [0, 0.1) is 0 Å². The zero-order chi connectivity index (χ0) is 58.5. The van der Waals surface area contributed by atoms with Crippen LogP contribution in [0.5, 0.6) is 0 Å². The summed E-state index contributed by atoms with van der Waals surface area (Å²) >= 11 is 0. The lowest BCUT2D eigenvalue weighted by Crippen LogP contribution is -2.30. The maximum absolute atomic E-state index is 12.9. The maximum Gasteiger partial charge on any atom is 0.306 e. The predicted molar refractivity (Wildman–Crippen MR) is 352 cm³/mol. The number of hydrogen-bond acceptors (Lipinski definition) is 6. The Bertz CT molecular complexity index is 1860. The Morgan fingerprint density at radius 2 is 0.481 bits per heavy atom. The highest BCUT2D eigenvalue weighted by molar-refractivity contribution is 5.71. The molecule has 1 unspecified atom stereocenters. The normalized spacial score (nSPS) is 13.3. The second-order valence-electron chi connectivity index (χ2n) is 20.9. The van der Waals surface area contributed by atoms with Crippen LogP contribution in [0.1, 0.15) is 265 Å². The van der Waals surface area contributed by atoms with Crippen LogP contribution >= 0.6 is 0 Å². The molecule has 0 N–H and O–H groups in total. The molecule has 0 aliphatic rings. The van der Waals surface area contributed by atoms with E-state index in [0.717, 1.165) is 186 Å². The Hall–Kier alpha value is -5.23. The quantitative estimate of drug-likeness (QED) is 0.0261. The van der Waals surface area contributed by atoms with Crippen LogP contribution in [0.4, 0.5) is 0 Å². The van der Waals surface area contributed by atoms with E-state index in [9.17, 15) is 14.4 Å². The van der Waals surface area contributed by atoms with Gasteiger partial charge in [-0.05, 0) is 135 Å². The highest BCUT2D eigenvalue weighted by Crippen LogP contribution is 2.14. The van der Waals surface area contributed by atoms with E-state index in [1.807, 2.05) is 0 Å². The van der Waals surface area contributed by atoms with Gasteiger partial charge in [-0.25, -0.2) is 0 Å². The van der Waals surface area contributed by atoms with Gasteiger partial charge in [0.2, 0.25) is 0 Å². The smallest absolute Gasteiger partial charge is 0.306 e. The van der Waals surface area contributed by atoms with Crippen molar-refractivity contribution in [3.8, 4) is 0 Å². The Morgan fingerprint density at radius 1 is 0.259 bits per heavy atom. The summed E-state index contributed by atoms with van der Waals surface area (Å²) in [7, 11) is 0. The summed E-state index contributed by atoms with van der Waals surface area (Å²) in [5.41, 5.74) is 0. The van der Waals surface area contributed by atoms with Crippen molar-refractivity contribution in [1.29, 1.82) is 0 Å². The molecule has 0 bridgehead atoms. The first-order valence-corrected chi connectivity index (χ1v) is 32.6. The molecule has 81 heavy (non-hydrogen) atoms. The first-order valence-electron chi connectivity index (χ1n) is 32.6. The second-order valence-corrected chi connectivity index (χ2v) is 20.9. The van der Waals surface area contributed by atoms with Gasteiger partial charge in [0.1, 0.15) is 13.2 Å². The third-order valence-electron chi connectivity index (χ3n) is 13.2. The average Bonchev–Trinajstić information content (AvgIpc) is 3.47. The van der Waals surface area contributed by atoms with Crippen LogP contribution in [0.2, 0.25) is 0 Å². The minimum atomic E-state index is -0.805. The molecule has 0 radical (unpaired) electrons. The van der Waals surface area contributed by atoms with Crippen molar-refractivity contribution >= 4 is 17.9 Å². The molecule has 6 heteroatoms. The number of rotatable bonds is 57. The van der Waals surface area contributed by atoms with Gasteiger partial charge in [-0.1, -0.05) is 281 Å². The largest absolute Gasteiger partial charge is 0.462 e. The van der Waals surface area contributed by atoms with Gasteiger partial charge in [-0.3, -0.25) is 14.4 Å². The minimum absolute atomic E-state index is 0.0985. The third-order valence-corrected chi connectivity index (χ3v) is 13.2. The number of esters is 3. The van der Waals surface area contributed by atoms with Gasteiger partial charge in [0.15, 0.2) is 6.10 Å². The van der Waals surface area contributed by atoms with Crippen molar-refractivity contribution < 1.29 is 28.6 Å². The molecule has 0 aromatic rings. The van der Waals surface area contributed by atoms with Crippen LogP contribution in [0.25, 0.3) is 0 Å². The van der Waals surface area contributed by atoms with Gasteiger partial charge in [0.25, 0.3) is 0 Å². The maximum atomic E-state index is 12.9. The summed E-state index contributed by atoms with van der Waals surface area (Å²) in [4.78, 5) is 38.2. The Labute approximate surface area is 498 Å². The number of carbonyl (C=O) groups is 3. The topological polar surface area (TPSA) is 78.9 Å². The molecule has 0 aromatic carbocycles. The third kappa shape index (κ3) is 65.5. The summed E-state index contributed by atoms with van der Waals surface area (Å²) < 4.78 is 16.9. The highest BCUT2D eigenvalue weighted by atomic mass is 16.6. The minimum Gasteiger partial charge on any atom is -0.462 e. The molecule has 0 saturated carbocycles. The molecule has 0 rings (SSSR count). The number of ether oxygens (including phenoxy) is 3. The molecular formula is C75H118O6. The molecule has 0 amide bonds. The van der Waals surface area contributed by atoms with E-state index in [1.54, 1.807) is 0 Å². The van der Waals surface area contributed by atoms with E-state index >= 15 is 0 Å². The second kappa shape index (κ2) is 67.3. The van der Waals surface area contributed by atoms with Gasteiger partial charge < -0.3 is 14.2 Å². The Kier molecular flexibility index (Phi) is 62.9. The molecule has 0 fully saturated rings. The molecule has 0 heterocycles. The SMILES string of the molecule is CC/C=C\C/C=C\C/C=C\C/C=C\C/C=C\C/C=C\C/C=C\CCCCCCCC(=O)OCC(COC(=O)CCCCCCCCCCC)OC(=O)CCCCCCC/C=C\C/C=C\C/C=C\C/C=C\C/C=C\C/C=C\C/C=C\CC. The summed E-state index contributed by atoms with van der Waals surface area (Å²) in [6.45, 7) is 6.35. The Balaban J connectivity index is 4.36. The van der Waals surface area contributed by atoms with Gasteiger partial charge >= 0.3 is 17.9 Å². The first kappa shape index (κ1) is 75.8. The molecule has 6 nitrogen and oxygen atoms in total. The van der Waals surface area contributed by atoms with Crippen molar-refractivity contribution in [2.45, 2.75) is 271 Å². The summed E-state index contributed by atoms with van der Waals surface area (Å²) in [5, 5.41) is 0. The van der Waals surface area contributed by atoms with E-state index in [-0.39, 0.29) is 31.1 Å². The van der Waals surface area contributed by atoms with E-state index < -0.39 is 6.10 Å². The first-order chi connectivity index (χ1) is 40.0. The van der Waals surface area contributed by atoms with E-state index in [0.29, 0.717) is 19.3 Å². The number of unbranched alkanes of at least 4 members (excludes halogenated alkanes) is 18. The van der Waals surface area contributed by atoms with Gasteiger partial charge in [0, 0.05) is 19.3 Å². The summed E-state index contributed by atoms with van der Waals surface area (Å²) in [6, 6.07) is 0. The van der Waals surface area contributed by atoms with Crippen LogP contribution < -0.4 is 0 Å². The lowest BCUT2D eigenvalue weighted by molar-refractivity contribution is -0.167. The molecule has 1 atom stereocenters. The van der Waals surface area contributed by atoms with Crippen LogP contribution in [0.3, 0.4) is 0 Å². The number of hydrogen-bond donors (Lipinski definition) is 0. The van der Waals surface area contributed by atoms with Gasteiger partial charge in [-0.2, -0.15) is 0 Å². The molecule has 0 aromatic heterocycles. The van der Waals surface area contributed by atoms with Gasteiger partial charge in [-0.15, -0.1) is 0 Å². The van der Waals surface area contributed by atoms with Crippen molar-refractivity contribution in [1.82, 2.24) is 0 Å². The Morgan fingerprint density at radius 3 is 0.753 bits per heavy atom. The zero-order valence-corrected chi connectivity index (χ0v) is 52.0. The number of carbonyl (C=O) groups excluding carboxylic acids is 3. The fourth-order valence-corrected chi connectivity index (χ4v) is 8.40. The summed E-state index contributed by atoms with van der Waals surface area (Å²) in [5.74, 6) is -0.945. The molecule has 0 aliphatic carbocycles. The van der Waals surface area contributed by atoms with Gasteiger partial charge in [0.05, 0.1) is 0 Å². The molecule has 0 aliphatic heterocycles. The van der Waals surface area contributed by atoms with E-state index in [4.69, 9.17) is 14.2 Å². The van der Waals surface area contributed by atoms with Crippen LogP contribution in [-0.4, -0.2) is 37.2 Å². The lowest BCUT2D eigenvalue weighted by Gasteiger charge is -2.18. The monoisotopic (exact) mass is 1110 g/mol. The van der Waals surface area contributed by atoms with E-state index in [2.05, 4.69) is 191 Å². The fourth-order valence-electron chi connectivity index (χ4n) is 8.40. The summed E-state index contributed by atoms with van der Waals surface area (Å²) in [6.07, 6.45) is 99.3. The standard InChI is InChI=1S/C75H118O6/c1-4-7-10-13-16-19-21-23-25-27-29-31-33-35-37-39-41-43-45-47-49-51-53-56-59-62-65-68-74(77)80-71-72(70-79-73(76)67-64-61-58-55-18-15-12-9-6-3)81-75(78)69-66-63-60-57-54-52-50-48-46-44-42-40-38-36-34-32-30-28-26-24-22-20-17-14-11-8-5-2/h7-8,10-11,16-17,19-20,23-26,29-32,35-38,41-44,47-50,72H,4-6,9,12-15,18,21-22,27-28,33-34,39-40,45-46,51-71H2,1-3H3/b10-7-,11-8-,19-16-,20-17-,25-23-,26-24-,31-29-,32-30-,37-35-,38-36-,43-41-,44-42-,49-47-,50-48-. The van der Waals surface area contributed by atoms with Crippen molar-refractivity contribution in [2.75, 3.05) is 13.2 Å². The van der Waals surface area contributed by atoms with Crippen molar-refractivity contribution in [3.05, 3.63) is 170 Å². The highest BCUT2D eigenvalue weighted by Gasteiger charge is 2.19. The van der Waals surface area contributed by atoms with Crippen molar-refractivity contribution in [3.63, 3.8) is 0 Å². The van der Waals surface area contributed by atoms with E-state index in [1.165, 1.54) is 38.5 Å². The molecule has 0 saturated heterocycles. The molecule has 454 valence electrons. The number of allylic oxidation sites excluding steroid dienone is 28. The van der Waals surface area contributed by atoms with Crippen LogP contribution in [-0.2, 0) is 28.6 Å². The predicted octanol–water partition coefficient (Wildman–Crippen LogP) is 22.7.